The van der Waals surface area contributed by atoms with Crippen molar-refractivity contribution < 1.29 is 9.90 Å². The Labute approximate surface area is 207 Å². The molecule has 1 N–H and O–H groups in total. The lowest BCUT2D eigenvalue weighted by molar-refractivity contribution is -0.143. The molecule has 5 nitrogen and oxygen atoms in total. The molecule has 0 amide bonds. The topological polar surface area (TPSA) is 47.0 Å². The lowest BCUT2D eigenvalue weighted by Crippen LogP contribution is -2.47. The molecule has 0 aromatic heterocycles. The Hall–Kier alpha value is -0.650. The minimum absolute atomic E-state index is 0. The van der Waals surface area contributed by atoms with E-state index in [2.05, 4.69) is 90.9 Å². The number of hydrogen-bond donors (Lipinski definition) is 1. The van der Waals surface area contributed by atoms with Crippen LogP contribution < -0.4 is 0 Å². The predicted molar refractivity (Wildman–Crippen MR) is 144 cm³/mol. The molecule has 3 aliphatic heterocycles. The number of carboxylic acids is 1. The van der Waals surface area contributed by atoms with Gasteiger partial charge in [-0.15, -0.1) is 0 Å². The third-order valence-corrected chi connectivity index (χ3v) is 7.23. The van der Waals surface area contributed by atoms with Gasteiger partial charge in [0, 0.05) is 28.7 Å². The number of rotatable bonds is 1. The Kier molecular flexibility index (Phi) is 12.6. The summed E-state index contributed by atoms with van der Waals surface area (Å²) in [6.45, 7) is 28.2. The maximum Gasteiger partial charge on any atom is 0.320 e. The first-order valence-corrected chi connectivity index (χ1v) is 13.0. The molecule has 1 unspecified atom stereocenters. The monoisotopic (exact) mass is 469 g/mol. The second-order valence-corrected chi connectivity index (χ2v) is 13.1. The first-order chi connectivity index (χ1) is 14.5. The molecule has 3 saturated heterocycles. The van der Waals surface area contributed by atoms with E-state index in [0.29, 0.717) is 11.1 Å². The minimum atomic E-state index is -0.678. The van der Waals surface area contributed by atoms with Crippen LogP contribution in [-0.2, 0) is 4.79 Å². The average molecular weight is 470 g/mol. The second-order valence-electron chi connectivity index (χ2n) is 13.1. The number of nitrogens with zero attached hydrogens (tertiary/aromatic N) is 3. The Morgan fingerprint density at radius 3 is 1.12 bits per heavy atom. The maximum absolute atomic E-state index is 10.8. The highest BCUT2D eigenvalue weighted by atomic mass is 16.4. The SMILES string of the molecule is C.CC(C)(C)N1CCC[C@H]1C(=O)O.CC1CCCN1C(C)(C)C.C[C@H]1CCCN1C(C)(C)C. The third-order valence-electron chi connectivity index (χ3n) is 7.23. The molecule has 3 aliphatic rings. The number of aliphatic carboxylic acids is 1. The summed E-state index contributed by atoms with van der Waals surface area (Å²) in [4.78, 5) is 18.1. The zero-order valence-corrected chi connectivity index (χ0v) is 23.3. The Bertz CT molecular complexity index is 541. The summed E-state index contributed by atoms with van der Waals surface area (Å²) in [5, 5.41) is 8.91. The van der Waals surface area contributed by atoms with Crippen molar-refractivity contribution >= 4 is 5.97 Å². The summed E-state index contributed by atoms with van der Waals surface area (Å²) in [5.74, 6) is -0.678. The fourth-order valence-corrected chi connectivity index (χ4v) is 5.69. The molecule has 5 heteroatoms. The van der Waals surface area contributed by atoms with Crippen molar-refractivity contribution in [2.75, 3.05) is 19.6 Å². The molecule has 0 saturated carbocycles. The average Bonchev–Trinajstić information content (AvgIpc) is 3.33. The van der Waals surface area contributed by atoms with Crippen molar-refractivity contribution in [2.24, 2.45) is 0 Å². The van der Waals surface area contributed by atoms with Crippen LogP contribution in [0.2, 0.25) is 0 Å². The molecule has 0 spiro atoms. The van der Waals surface area contributed by atoms with Crippen LogP contribution in [0.4, 0.5) is 0 Å². The van der Waals surface area contributed by atoms with Gasteiger partial charge < -0.3 is 5.11 Å². The highest BCUT2D eigenvalue weighted by molar-refractivity contribution is 5.73. The van der Waals surface area contributed by atoms with Gasteiger partial charge in [-0.3, -0.25) is 19.5 Å². The van der Waals surface area contributed by atoms with Gasteiger partial charge in [0.05, 0.1) is 0 Å². The lowest BCUT2D eigenvalue weighted by atomic mass is 10.0. The van der Waals surface area contributed by atoms with Gasteiger partial charge in [0.2, 0.25) is 0 Å². The van der Waals surface area contributed by atoms with Crippen molar-refractivity contribution in [2.45, 2.75) is 157 Å². The molecule has 198 valence electrons. The zero-order chi connectivity index (χ0) is 24.9. The molecule has 0 radical (unpaired) electrons. The molecule has 3 heterocycles. The summed E-state index contributed by atoms with van der Waals surface area (Å²) >= 11 is 0. The number of carboxylic acid groups (broad SMARTS) is 1. The first kappa shape index (κ1) is 32.4. The predicted octanol–water partition coefficient (Wildman–Crippen LogP) is 6.51. The zero-order valence-electron chi connectivity index (χ0n) is 23.3. The van der Waals surface area contributed by atoms with Gasteiger partial charge in [-0.25, -0.2) is 0 Å². The van der Waals surface area contributed by atoms with Crippen LogP contribution in [0.5, 0.6) is 0 Å². The maximum atomic E-state index is 10.8. The highest BCUT2D eigenvalue weighted by Crippen LogP contribution is 2.27. The van der Waals surface area contributed by atoms with E-state index in [-0.39, 0.29) is 19.0 Å². The van der Waals surface area contributed by atoms with Crippen molar-refractivity contribution in [3.63, 3.8) is 0 Å². The standard InChI is InChI=1S/C9H17NO2.2C9H19N.CH4/c1-9(2,3)10-6-4-5-7(10)8(11)12;2*1-8-6-5-7-10(8)9(2,3)4;/h7H,4-6H2,1-3H3,(H,11,12);2*8H,5-7H2,1-4H3;1H4/t7-;8-;;/m00../s1. The van der Waals surface area contributed by atoms with Crippen LogP contribution in [0.3, 0.4) is 0 Å². The van der Waals surface area contributed by atoms with Crippen molar-refractivity contribution in [1.82, 2.24) is 14.7 Å². The Morgan fingerprint density at radius 2 is 0.939 bits per heavy atom. The summed E-state index contributed by atoms with van der Waals surface area (Å²) in [6, 6.07) is 1.35. The lowest BCUT2D eigenvalue weighted by Gasteiger charge is -2.35. The second kappa shape index (κ2) is 12.9. The van der Waals surface area contributed by atoms with Crippen molar-refractivity contribution in [3.8, 4) is 0 Å². The molecular weight excluding hydrogens is 410 g/mol. The molecule has 0 aliphatic carbocycles. The van der Waals surface area contributed by atoms with E-state index in [4.69, 9.17) is 5.11 Å². The van der Waals surface area contributed by atoms with Gasteiger partial charge in [0.25, 0.3) is 0 Å². The smallest absolute Gasteiger partial charge is 0.320 e. The van der Waals surface area contributed by atoms with E-state index in [1.807, 2.05) is 0 Å². The molecule has 33 heavy (non-hydrogen) atoms. The Morgan fingerprint density at radius 1 is 0.636 bits per heavy atom. The van der Waals surface area contributed by atoms with E-state index >= 15 is 0 Å². The van der Waals surface area contributed by atoms with Crippen LogP contribution >= 0.6 is 0 Å². The fourth-order valence-electron chi connectivity index (χ4n) is 5.69. The first-order valence-electron chi connectivity index (χ1n) is 13.0. The molecule has 3 fully saturated rings. The van der Waals surface area contributed by atoms with E-state index in [1.165, 1.54) is 38.8 Å². The van der Waals surface area contributed by atoms with E-state index in [9.17, 15) is 4.79 Å². The Balaban J connectivity index is 0.000000461. The van der Waals surface area contributed by atoms with E-state index in [0.717, 1.165) is 31.5 Å². The number of likely N-dealkylation sites (tertiary alicyclic amines) is 3. The van der Waals surface area contributed by atoms with Crippen molar-refractivity contribution in [1.29, 1.82) is 0 Å². The van der Waals surface area contributed by atoms with Crippen LogP contribution in [0.1, 0.15) is 122 Å². The largest absolute Gasteiger partial charge is 0.480 e. The summed E-state index contributed by atoms with van der Waals surface area (Å²) in [7, 11) is 0. The van der Waals surface area contributed by atoms with Gasteiger partial charge in [-0.05, 0) is 134 Å². The van der Waals surface area contributed by atoms with E-state index < -0.39 is 5.97 Å². The molecule has 3 rings (SSSR count). The summed E-state index contributed by atoms with van der Waals surface area (Å²) in [5.41, 5.74) is 0.755. The van der Waals surface area contributed by atoms with Crippen LogP contribution in [-0.4, -0.2) is 80.2 Å². The summed E-state index contributed by atoms with van der Waals surface area (Å²) < 4.78 is 0. The van der Waals surface area contributed by atoms with Gasteiger partial charge in [0.15, 0.2) is 0 Å². The molecule has 0 aromatic rings. The van der Waals surface area contributed by atoms with Gasteiger partial charge in [-0.2, -0.15) is 0 Å². The van der Waals surface area contributed by atoms with Gasteiger partial charge >= 0.3 is 5.97 Å². The van der Waals surface area contributed by atoms with Crippen LogP contribution in [0, 0.1) is 0 Å². The molecular formula is C28H59N3O2. The molecule has 0 bridgehead atoms. The minimum Gasteiger partial charge on any atom is -0.480 e. The van der Waals surface area contributed by atoms with Crippen LogP contribution in [0.15, 0.2) is 0 Å². The quantitative estimate of drug-likeness (QED) is 0.474. The highest BCUT2D eigenvalue weighted by Gasteiger charge is 2.37. The molecule has 3 atom stereocenters. The third kappa shape index (κ3) is 10.2. The summed E-state index contributed by atoms with van der Waals surface area (Å²) in [6.07, 6.45) is 7.35. The van der Waals surface area contributed by atoms with Gasteiger partial charge in [0.1, 0.15) is 6.04 Å². The van der Waals surface area contributed by atoms with Crippen molar-refractivity contribution in [3.05, 3.63) is 0 Å². The molecule has 0 aromatic carbocycles. The van der Waals surface area contributed by atoms with E-state index in [1.54, 1.807) is 0 Å². The normalized spacial score (nSPS) is 27.3. The number of carbonyl (C=O) groups is 1. The fraction of sp³-hybridized carbons (Fsp3) is 0.964. The number of hydrogen-bond acceptors (Lipinski definition) is 4. The van der Waals surface area contributed by atoms with Crippen LogP contribution in [0.25, 0.3) is 0 Å². The van der Waals surface area contributed by atoms with Gasteiger partial charge in [-0.1, -0.05) is 7.43 Å².